The average molecular weight is 380 g/mol. The highest BCUT2D eigenvalue weighted by Gasteiger charge is 2.20. The molecule has 3 N–H and O–H groups in total. The maximum absolute atomic E-state index is 10.5. The van der Waals surface area contributed by atoms with Crippen molar-refractivity contribution in [3.05, 3.63) is 45.7 Å². The Kier molecular flexibility index (Phi) is 5.20. The van der Waals surface area contributed by atoms with Crippen LogP contribution in [-0.2, 0) is 17.8 Å². The second-order valence-electron chi connectivity index (χ2n) is 5.78. The third-order valence-electron chi connectivity index (χ3n) is 4.25. The van der Waals surface area contributed by atoms with Crippen molar-refractivity contribution in [3.63, 3.8) is 0 Å². The van der Waals surface area contributed by atoms with Gasteiger partial charge >= 0.3 is 0 Å². The predicted molar refractivity (Wildman–Crippen MR) is 101 cm³/mol. The Morgan fingerprint density at radius 1 is 1.32 bits per heavy atom. The molecule has 0 aliphatic heterocycles. The third-order valence-corrected chi connectivity index (χ3v) is 4.80. The van der Waals surface area contributed by atoms with E-state index in [-0.39, 0.29) is 5.88 Å². The first-order chi connectivity index (χ1) is 12.0. The van der Waals surface area contributed by atoms with Crippen LogP contribution in [0.3, 0.4) is 0 Å². The van der Waals surface area contributed by atoms with Crippen molar-refractivity contribution >= 4 is 34.1 Å². The molecule has 5 nitrogen and oxygen atoms in total. The highest BCUT2D eigenvalue weighted by Crippen LogP contribution is 2.40. The number of aryl methyl sites for hydroxylation is 1. The molecular weight excluding hydrogens is 361 g/mol. The Morgan fingerprint density at radius 3 is 2.72 bits per heavy atom. The van der Waals surface area contributed by atoms with Gasteiger partial charge in [-0.1, -0.05) is 29.3 Å². The normalized spacial score (nSPS) is 11.4. The van der Waals surface area contributed by atoms with Gasteiger partial charge in [-0.3, -0.25) is 0 Å². The van der Waals surface area contributed by atoms with Crippen LogP contribution in [0.15, 0.2) is 24.4 Å². The second-order valence-corrected chi connectivity index (χ2v) is 6.62. The molecule has 132 valence electrons. The fourth-order valence-electron chi connectivity index (χ4n) is 3.02. The molecule has 1 aromatic carbocycles. The van der Waals surface area contributed by atoms with Crippen LogP contribution >= 0.6 is 23.2 Å². The number of rotatable bonds is 5. The fraction of sp³-hybridized carbons (Fsp3) is 0.278. The summed E-state index contributed by atoms with van der Waals surface area (Å²) in [5.74, 6) is 0.102. The molecule has 0 saturated heterocycles. The van der Waals surface area contributed by atoms with Crippen LogP contribution in [0.1, 0.15) is 11.3 Å². The van der Waals surface area contributed by atoms with Crippen LogP contribution < -0.4 is 5.73 Å². The number of pyridine rings is 1. The van der Waals surface area contributed by atoms with Crippen LogP contribution in [0.2, 0.25) is 10.0 Å². The van der Waals surface area contributed by atoms with Crippen molar-refractivity contribution in [2.45, 2.75) is 20.0 Å². The van der Waals surface area contributed by atoms with E-state index in [1.807, 2.05) is 19.2 Å². The average Bonchev–Trinajstić information content (AvgIpc) is 2.88. The van der Waals surface area contributed by atoms with Gasteiger partial charge in [-0.05, 0) is 24.6 Å². The molecular formula is C18H19Cl2N3O2. The largest absolute Gasteiger partial charge is 0.493 e. The Bertz CT molecular complexity index is 938. The summed E-state index contributed by atoms with van der Waals surface area (Å²) in [5.41, 5.74) is 9.84. The molecule has 0 atom stereocenters. The number of aromatic nitrogens is 2. The minimum Gasteiger partial charge on any atom is -0.493 e. The van der Waals surface area contributed by atoms with Gasteiger partial charge in [0, 0.05) is 58.6 Å². The number of aromatic hydroxyl groups is 1. The number of fused-ring (bicyclic) bond motifs is 1. The number of hydrogen-bond acceptors (Lipinski definition) is 4. The Balaban J connectivity index is 2.34. The van der Waals surface area contributed by atoms with Crippen LogP contribution in [0.5, 0.6) is 5.88 Å². The van der Waals surface area contributed by atoms with Gasteiger partial charge in [0.15, 0.2) is 0 Å². The lowest BCUT2D eigenvalue weighted by atomic mass is 9.96. The Morgan fingerprint density at radius 2 is 2.08 bits per heavy atom. The van der Waals surface area contributed by atoms with E-state index in [4.69, 9.17) is 33.7 Å². The molecule has 2 heterocycles. The fourth-order valence-corrected chi connectivity index (χ4v) is 3.52. The van der Waals surface area contributed by atoms with Gasteiger partial charge < -0.3 is 20.1 Å². The van der Waals surface area contributed by atoms with Gasteiger partial charge in [0.25, 0.3) is 0 Å². The van der Waals surface area contributed by atoms with Crippen molar-refractivity contribution in [2.75, 3.05) is 13.7 Å². The van der Waals surface area contributed by atoms with Gasteiger partial charge in [-0.15, -0.1) is 0 Å². The molecule has 0 amide bonds. The molecule has 0 saturated carbocycles. The van der Waals surface area contributed by atoms with E-state index >= 15 is 0 Å². The molecule has 0 radical (unpaired) electrons. The highest BCUT2D eigenvalue weighted by molar-refractivity contribution is 6.36. The number of nitrogens with two attached hydrogens (primary N) is 1. The first-order valence-corrected chi connectivity index (χ1v) is 8.59. The lowest BCUT2D eigenvalue weighted by molar-refractivity contribution is 0.184. The van der Waals surface area contributed by atoms with Crippen molar-refractivity contribution in [2.24, 2.45) is 5.73 Å². The molecule has 2 aromatic heterocycles. The maximum atomic E-state index is 10.5. The number of nitrogens with zero attached hydrogens (tertiary/aromatic N) is 2. The summed E-state index contributed by atoms with van der Waals surface area (Å²) in [6.07, 6.45) is 1.86. The first-order valence-electron chi connectivity index (χ1n) is 7.83. The van der Waals surface area contributed by atoms with Crippen molar-refractivity contribution < 1.29 is 9.84 Å². The van der Waals surface area contributed by atoms with Crippen molar-refractivity contribution in [1.82, 2.24) is 9.55 Å². The van der Waals surface area contributed by atoms with E-state index in [0.29, 0.717) is 35.3 Å². The molecule has 3 rings (SSSR count). The summed E-state index contributed by atoms with van der Waals surface area (Å²) < 4.78 is 6.82. The van der Waals surface area contributed by atoms with E-state index < -0.39 is 0 Å². The summed E-state index contributed by atoms with van der Waals surface area (Å²) in [6.45, 7) is 3.19. The van der Waals surface area contributed by atoms with Crippen LogP contribution in [0, 0.1) is 6.92 Å². The molecule has 0 spiro atoms. The zero-order chi connectivity index (χ0) is 18.1. The lowest BCUT2D eigenvalue weighted by Gasteiger charge is -2.14. The quantitative estimate of drug-likeness (QED) is 0.698. The zero-order valence-electron chi connectivity index (χ0n) is 14.0. The van der Waals surface area contributed by atoms with Crippen LogP contribution in [0.25, 0.3) is 22.0 Å². The lowest BCUT2D eigenvalue weighted by Crippen LogP contribution is -2.04. The molecule has 25 heavy (non-hydrogen) atoms. The standard InChI is InChI=1S/C18H19Cl2N3O2/c1-10-13(8-21)16(12-4-3-11(19)7-15(12)20)14-9-23(5-6-25-2)18(24)17(14)22-10/h3-4,7,9,24H,5-6,8,21H2,1-2H3. The van der Waals surface area contributed by atoms with Gasteiger partial charge in [-0.25, -0.2) is 4.98 Å². The molecule has 3 aromatic rings. The van der Waals surface area contributed by atoms with E-state index in [1.54, 1.807) is 23.8 Å². The zero-order valence-corrected chi connectivity index (χ0v) is 15.5. The number of halogens is 2. The number of benzene rings is 1. The molecule has 0 aliphatic carbocycles. The van der Waals surface area contributed by atoms with E-state index in [9.17, 15) is 5.11 Å². The highest BCUT2D eigenvalue weighted by atomic mass is 35.5. The van der Waals surface area contributed by atoms with E-state index in [1.165, 1.54) is 0 Å². The van der Waals surface area contributed by atoms with Crippen molar-refractivity contribution in [1.29, 1.82) is 0 Å². The maximum Gasteiger partial charge on any atom is 0.218 e. The van der Waals surface area contributed by atoms with Gasteiger partial charge in [0.1, 0.15) is 5.52 Å². The smallest absolute Gasteiger partial charge is 0.218 e. The third kappa shape index (κ3) is 3.20. The summed E-state index contributed by atoms with van der Waals surface area (Å²) in [5, 5.41) is 12.4. The summed E-state index contributed by atoms with van der Waals surface area (Å²) in [6, 6.07) is 5.34. The van der Waals surface area contributed by atoms with Crippen LogP contribution in [-0.4, -0.2) is 28.4 Å². The first kappa shape index (κ1) is 18.0. The topological polar surface area (TPSA) is 73.3 Å². The molecule has 0 aliphatic rings. The summed E-state index contributed by atoms with van der Waals surface area (Å²) >= 11 is 12.5. The molecule has 0 fully saturated rings. The van der Waals surface area contributed by atoms with Gasteiger partial charge in [0.05, 0.1) is 6.61 Å². The molecule has 7 heteroatoms. The van der Waals surface area contributed by atoms with Gasteiger partial charge in [-0.2, -0.15) is 0 Å². The SMILES string of the molecule is COCCn1cc2c(-c3ccc(Cl)cc3Cl)c(CN)c(C)nc2c1O. The second kappa shape index (κ2) is 7.22. The number of ether oxygens (including phenoxy) is 1. The van der Waals surface area contributed by atoms with Crippen LogP contribution in [0.4, 0.5) is 0 Å². The monoisotopic (exact) mass is 379 g/mol. The van der Waals surface area contributed by atoms with E-state index in [2.05, 4.69) is 4.98 Å². The Labute approximate surface area is 155 Å². The predicted octanol–water partition coefficient (Wildman–Crippen LogP) is 4.13. The number of hydrogen-bond donors (Lipinski definition) is 2. The van der Waals surface area contributed by atoms with Crippen molar-refractivity contribution in [3.8, 4) is 17.0 Å². The minimum atomic E-state index is 0.102. The van der Waals surface area contributed by atoms with E-state index in [0.717, 1.165) is 27.8 Å². The summed E-state index contributed by atoms with van der Waals surface area (Å²) in [7, 11) is 1.62. The molecule has 0 unspecified atom stereocenters. The minimum absolute atomic E-state index is 0.102. The molecule has 0 bridgehead atoms. The van der Waals surface area contributed by atoms with Gasteiger partial charge in [0.2, 0.25) is 5.88 Å². The summed E-state index contributed by atoms with van der Waals surface area (Å²) in [4.78, 5) is 4.55. The number of methoxy groups -OCH3 is 1. The Hall–Kier alpha value is -1.79.